The monoisotopic (exact) mass is 352 g/mol. The maximum absolute atomic E-state index is 12.6. The number of rotatable bonds is 3. The number of sulfonamides is 1. The third-order valence-corrected chi connectivity index (χ3v) is 6.14. The Balaban J connectivity index is 2.49. The molecule has 0 radical (unpaired) electrons. The summed E-state index contributed by atoms with van der Waals surface area (Å²) in [6, 6.07) is 2.41. The molecule has 1 aromatic rings. The van der Waals surface area contributed by atoms with E-state index in [0.717, 1.165) is 25.7 Å². The van der Waals surface area contributed by atoms with Crippen LogP contribution in [0.2, 0.25) is 10.0 Å². The Morgan fingerprint density at radius 2 is 1.67 bits per heavy atom. The maximum Gasteiger partial charge on any atom is 0.307 e. The van der Waals surface area contributed by atoms with Gasteiger partial charge in [-0.3, -0.25) is 10.1 Å². The summed E-state index contributed by atoms with van der Waals surface area (Å²) in [6.07, 6.45) is 3.49. The molecule has 21 heavy (non-hydrogen) atoms. The van der Waals surface area contributed by atoms with Crippen LogP contribution in [-0.2, 0) is 10.0 Å². The summed E-state index contributed by atoms with van der Waals surface area (Å²) in [6.45, 7) is 0.796. The summed E-state index contributed by atoms with van der Waals surface area (Å²) in [4.78, 5) is 9.95. The Labute approximate surface area is 132 Å². The third-order valence-electron chi connectivity index (χ3n) is 3.40. The quantitative estimate of drug-likeness (QED) is 0.616. The third kappa shape index (κ3) is 3.31. The minimum Gasteiger partial charge on any atom is -0.258 e. The second-order valence-electron chi connectivity index (χ2n) is 4.78. The zero-order valence-electron chi connectivity index (χ0n) is 11.1. The van der Waals surface area contributed by atoms with Crippen LogP contribution < -0.4 is 0 Å². The van der Waals surface area contributed by atoms with Crippen LogP contribution in [0.3, 0.4) is 0 Å². The molecule has 2 rings (SSSR count). The first-order valence-electron chi connectivity index (χ1n) is 6.48. The van der Waals surface area contributed by atoms with Crippen molar-refractivity contribution in [2.24, 2.45) is 0 Å². The van der Waals surface area contributed by atoms with Gasteiger partial charge in [-0.1, -0.05) is 36.0 Å². The summed E-state index contributed by atoms with van der Waals surface area (Å²) in [5.41, 5.74) is -0.575. The molecule has 1 heterocycles. The lowest BCUT2D eigenvalue weighted by Crippen LogP contribution is -2.32. The smallest absolute Gasteiger partial charge is 0.258 e. The molecule has 0 N–H and O–H groups in total. The van der Waals surface area contributed by atoms with Gasteiger partial charge in [-0.05, 0) is 25.0 Å². The lowest BCUT2D eigenvalue weighted by Gasteiger charge is -2.20. The number of nitro benzene ring substituents is 1. The molecule has 0 atom stereocenters. The van der Waals surface area contributed by atoms with Crippen molar-refractivity contribution in [1.82, 2.24) is 4.31 Å². The number of nitrogens with zero attached hydrogens (tertiary/aromatic N) is 2. The van der Waals surface area contributed by atoms with E-state index in [1.807, 2.05) is 0 Å². The lowest BCUT2D eigenvalue weighted by atomic mass is 10.2. The summed E-state index contributed by atoms with van der Waals surface area (Å²) in [5, 5.41) is 10.4. The van der Waals surface area contributed by atoms with E-state index in [4.69, 9.17) is 23.2 Å². The normalized spacial score (nSPS) is 17.4. The predicted molar refractivity (Wildman–Crippen MR) is 80.3 cm³/mol. The van der Waals surface area contributed by atoms with Crippen molar-refractivity contribution in [1.29, 1.82) is 0 Å². The van der Waals surface area contributed by atoms with E-state index < -0.39 is 25.7 Å². The van der Waals surface area contributed by atoms with Gasteiger partial charge in [0.1, 0.15) is 14.9 Å². The van der Waals surface area contributed by atoms with E-state index in [-0.39, 0.29) is 9.92 Å². The van der Waals surface area contributed by atoms with Crippen LogP contribution in [0.1, 0.15) is 25.7 Å². The molecule has 0 bridgehead atoms. The topological polar surface area (TPSA) is 80.5 Å². The van der Waals surface area contributed by atoms with Gasteiger partial charge in [0.25, 0.3) is 0 Å². The number of hydrogen-bond acceptors (Lipinski definition) is 4. The molecule has 1 aliphatic heterocycles. The Hall–Kier alpha value is -0.890. The summed E-state index contributed by atoms with van der Waals surface area (Å²) in [7, 11) is -3.85. The molecule has 0 unspecified atom stereocenters. The Morgan fingerprint density at radius 3 is 2.19 bits per heavy atom. The molecule has 0 saturated carbocycles. The van der Waals surface area contributed by atoms with Crippen molar-refractivity contribution in [2.75, 3.05) is 13.1 Å². The van der Waals surface area contributed by atoms with Gasteiger partial charge in [-0.25, -0.2) is 8.42 Å². The molecule has 116 valence electrons. The van der Waals surface area contributed by atoms with Crippen molar-refractivity contribution in [3.05, 3.63) is 32.3 Å². The van der Waals surface area contributed by atoms with Crippen molar-refractivity contribution in [3.8, 4) is 0 Å². The van der Waals surface area contributed by atoms with E-state index in [9.17, 15) is 18.5 Å². The van der Waals surface area contributed by atoms with Gasteiger partial charge < -0.3 is 0 Å². The second kappa shape index (κ2) is 6.48. The number of nitro groups is 1. The molecule has 0 amide bonds. The molecule has 9 heteroatoms. The molecule has 0 spiro atoms. The highest BCUT2D eigenvalue weighted by atomic mass is 35.5. The molecule has 1 aliphatic rings. The highest BCUT2D eigenvalue weighted by Gasteiger charge is 2.32. The first kappa shape index (κ1) is 16.5. The van der Waals surface area contributed by atoms with Gasteiger partial charge in [0.2, 0.25) is 10.0 Å². The fourth-order valence-corrected chi connectivity index (χ4v) is 4.69. The summed E-state index contributed by atoms with van der Waals surface area (Å²) in [5.74, 6) is 0. The fraction of sp³-hybridized carbons (Fsp3) is 0.500. The van der Waals surface area contributed by atoms with Crippen LogP contribution in [0.25, 0.3) is 0 Å². The first-order chi connectivity index (χ1) is 9.85. The summed E-state index contributed by atoms with van der Waals surface area (Å²) < 4.78 is 26.6. The van der Waals surface area contributed by atoms with E-state index in [1.54, 1.807) is 0 Å². The zero-order chi connectivity index (χ0) is 15.6. The Morgan fingerprint density at radius 1 is 1.10 bits per heavy atom. The lowest BCUT2D eigenvalue weighted by molar-refractivity contribution is -0.384. The van der Waals surface area contributed by atoms with Gasteiger partial charge in [-0.2, -0.15) is 4.31 Å². The number of benzene rings is 1. The van der Waals surface area contributed by atoms with Crippen LogP contribution in [0.5, 0.6) is 0 Å². The standard InChI is InChI=1S/C12H14Cl2N2O4S/c13-9-5-6-10(11(14)12(9)16(17)18)21(19,20)15-7-3-1-2-4-8-15/h5-6H,1-4,7-8H2. The van der Waals surface area contributed by atoms with E-state index in [1.165, 1.54) is 16.4 Å². The molecule has 1 fully saturated rings. The Kier molecular flexibility index (Phi) is 5.08. The molecule has 0 aromatic heterocycles. The van der Waals surface area contributed by atoms with Crippen molar-refractivity contribution >= 4 is 38.9 Å². The number of halogens is 2. The minimum atomic E-state index is -3.85. The average Bonchev–Trinajstić information content (AvgIpc) is 2.67. The van der Waals surface area contributed by atoms with Gasteiger partial charge >= 0.3 is 5.69 Å². The van der Waals surface area contributed by atoms with Crippen LogP contribution in [-0.4, -0.2) is 30.7 Å². The van der Waals surface area contributed by atoms with Crippen molar-refractivity contribution < 1.29 is 13.3 Å². The van der Waals surface area contributed by atoms with Crippen LogP contribution in [0.15, 0.2) is 17.0 Å². The minimum absolute atomic E-state index is 0.181. The SMILES string of the molecule is O=[N+]([O-])c1c(Cl)ccc(S(=O)(=O)N2CCCCCC2)c1Cl. The highest BCUT2D eigenvalue weighted by Crippen LogP contribution is 2.38. The van der Waals surface area contributed by atoms with Gasteiger partial charge in [0.05, 0.1) is 4.92 Å². The number of hydrogen-bond donors (Lipinski definition) is 0. The molecule has 6 nitrogen and oxygen atoms in total. The van der Waals surface area contributed by atoms with Gasteiger partial charge in [-0.15, -0.1) is 0 Å². The molecule has 0 aliphatic carbocycles. The fourth-order valence-electron chi connectivity index (χ4n) is 2.31. The predicted octanol–water partition coefficient (Wildman–Crippen LogP) is 3.47. The van der Waals surface area contributed by atoms with Crippen LogP contribution >= 0.6 is 23.2 Å². The largest absolute Gasteiger partial charge is 0.307 e. The maximum atomic E-state index is 12.6. The highest BCUT2D eigenvalue weighted by molar-refractivity contribution is 7.89. The average molecular weight is 353 g/mol. The molecular weight excluding hydrogens is 339 g/mol. The summed E-state index contributed by atoms with van der Waals surface area (Å²) >= 11 is 11.6. The molecule has 1 aromatic carbocycles. The van der Waals surface area contributed by atoms with Gasteiger partial charge in [0, 0.05) is 13.1 Å². The molecule has 1 saturated heterocycles. The van der Waals surface area contributed by atoms with E-state index in [0.29, 0.717) is 13.1 Å². The van der Waals surface area contributed by atoms with Crippen LogP contribution in [0.4, 0.5) is 5.69 Å². The van der Waals surface area contributed by atoms with Crippen LogP contribution in [0, 0.1) is 10.1 Å². The zero-order valence-corrected chi connectivity index (χ0v) is 13.4. The Bertz CT molecular complexity index is 655. The van der Waals surface area contributed by atoms with Gasteiger partial charge in [0.15, 0.2) is 0 Å². The van der Waals surface area contributed by atoms with Crippen molar-refractivity contribution in [2.45, 2.75) is 30.6 Å². The van der Waals surface area contributed by atoms with E-state index >= 15 is 0 Å². The first-order valence-corrected chi connectivity index (χ1v) is 8.68. The van der Waals surface area contributed by atoms with E-state index in [2.05, 4.69) is 0 Å². The molecular formula is C12H14Cl2N2O4S. The second-order valence-corrected chi connectivity index (χ2v) is 7.48. The van der Waals surface area contributed by atoms with Crippen molar-refractivity contribution in [3.63, 3.8) is 0 Å².